The van der Waals surface area contributed by atoms with Gasteiger partial charge in [0.25, 0.3) is 0 Å². The Morgan fingerprint density at radius 2 is 2.00 bits per heavy atom. The van der Waals surface area contributed by atoms with Crippen molar-refractivity contribution in [3.63, 3.8) is 0 Å². The molecule has 3 aromatic rings. The lowest BCUT2D eigenvalue weighted by molar-refractivity contribution is 0.0526. The topological polar surface area (TPSA) is 40.5 Å². The minimum atomic E-state index is -0.281. The molecular formula is C19H19NO3. The Kier molecular flexibility index (Phi) is 4.33. The molecule has 3 rings (SSSR count). The molecule has 118 valence electrons. The third-order valence-corrected chi connectivity index (χ3v) is 3.77. The highest BCUT2D eigenvalue weighted by Gasteiger charge is 2.08. The van der Waals surface area contributed by atoms with Crippen LogP contribution in [0.4, 0.5) is 0 Å². The zero-order chi connectivity index (χ0) is 16.2. The smallest absolute Gasteiger partial charge is 0.338 e. The molecule has 0 bridgehead atoms. The number of benzene rings is 2. The van der Waals surface area contributed by atoms with Crippen molar-refractivity contribution in [2.24, 2.45) is 0 Å². The van der Waals surface area contributed by atoms with E-state index in [-0.39, 0.29) is 5.97 Å². The maximum absolute atomic E-state index is 11.8. The van der Waals surface area contributed by atoms with E-state index in [0.29, 0.717) is 18.7 Å². The molecule has 1 aromatic heterocycles. The van der Waals surface area contributed by atoms with Crippen molar-refractivity contribution in [1.29, 1.82) is 0 Å². The van der Waals surface area contributed by atoms with Gasteiger partial charge < -0.3 is 14.0 Å². The molecule has 0 saturated heterocycles. The van der Waals surface area contributed by atoms with Crippen LogP contribution < -0.4 is 4.74 Å². The van der Waals surface area contributed by atoms with Crippen LogP contribution in [-0.4, -0.2) is 24.3 Å². The van der Waals surface area contributed by atoms with Crippen molar-refractivity contribution < 1.29 is 14.3 Å². The lowest BCUT2D eigenvalue weighted by Gasteiger charge is -2.08. The van der Waals surface area contributed by atoms with E-state index < -0.39 is 0 Å². The number of fused-ring (bicyclic) bond motifs is 1. The van der Waals surface area contributed by atoms with Crippen molar-refractivity contribution in [1.82, 2.24) is 4.57 Å². The van der Waals surface area contributed by atoms with Gasteiger partial charge in [0.15, 0.2) is 0 Å². The summed E-state index contributed by atoms with van der Waals surface area (Å²) >= 11 is 0. The molecule has 2 aromatic carbocycles. The lowest BCUT2D eigenvalue weighted by Crippen LogP contribution is -2.06. The Labute approximate surface area is 135 Å². The number of esters is 1. The normalized spacial score (nSPS) is 10.7. The molecule has 0 aliphatic rings. The fraction of sp³-hybridized carbons (Fsp3) is 0.211. The molecule has 0 saturated carbocycles. The maximum atomic E-state index is 11.8. The number of methoxy groups -OCH3 is 1. The van der Waals surface area contributed by atoms with Gasteiger partial charge in [0, 0.05) is 23.6 Å². The first-order valence-corrected chi connectivity index (χ1v) is 7.60. The number of carbonyl (C=O) groups is 1. The number of carbonyl (C=O) groups excluding carboxylic acids is 1. The minimum Gasteiger partial charge on any atom is -0.497 e. The summed E-state index contributed by atoms with van der Waals surface area (Å²) < 4.78 is 12.5. The molecule has 1 heterocycles. The molecule has 0 amide bonds. The van der Waals surface area contributed by atoms with Crippen molar-refractivity contribution in [3.8, 4) is 5.75 Å². The summed E-state index contributed by atoms with van der Waals surface area (Å²) in [6.07, 6.45) is 2.04. The van der Waals surface area contributed by atoms with Crippen molar-refractivity contribution in [2.45, 2.75) is 13.5 Å². The van der Waals surface area contributed by atoms with Gasteiger partial charge in [-0.05, 0) is 48.9 Å². The number of rotatable bonds is 5. The molecule has 23 heavy (non-hydrogen) atoms. The quantitative estimate of drug-likeness (QED) is 0.672. The van der Waals surface area contributed by atoms with Crippen molar-refractivity contribution >= 4 is 16.9 Å². The van der Waals surface area contributed by atoms with Gasteiger partial charge >= 0.3 is 5.97 Å². The van der Waals surface area contributed by atoms with Crippen LogP contribution in [0.2, 0.25) is 0 Å². The van der Waals surface area contributed by atoms with E-state index in [0.717, 1.165) is 22.2 Å². The van der Waals surface area contributed by atoms with E-state index in [1.54, 1.807) is 13.2 Å². The van der Waals surface area contributed by atoms with Gasteiger partial charge in [0.2, 0.25) is 0 Å². The van der Waals surface area contributed by atoms with Gasteiger partial charge in [-0.25, -0.2) is 4.79 Å². The summed E-state index contributed by atoms with van der Waals surface area (Å²) in [5.41, 5.74) is 2.78. The number of hydrogen-bond acceptors (Lipinski definition) is 3. The predicted molar refractivity (Wildman–Crippen MR) is 90.0 cm³/mol. The highest BCUT2D eigenvalue weighted by molar-refractivity contribution is 5.89. The summed E-state index contributed by atoms with van der Waals surface area (Å²) in [4.78, 5) is 11.8. The van der Waals surface area contributed by atoms with Crippen molar-refractivity contribution in [3.05, 3.63) is 65.9 Å². The van der Waals surface area contributed by atoms with Gasteiger partial charge in [0.1, 0.15) is 5.75 Å². The first kappa shape index (κ1) is 15.2. The van der Waals surface area contributed by atoms with Crippen LogP contribution in [0.15, 0.2) is 54.7 Å². The van der Waals surface area contributed by atoms with Crippen LogP contribution >= 0.6 is 0 Å². The molecule has 0 spiro atoms. The van der Waals surface area contributed by atoms with Gasteiger partial charge in [-0.2, -0.15) is 0 Å². The summed E-state index contributed by atoms with van der Waals surface area (Å²) in [5.74, 6) is 0.566. The number of hydrogen-bond donors (Lipinski definition) is 0. The molecule has 4 heteroatoms. The molecular weight excluding hydrogens is 290 g/mol. The van der Waals surface area contributed by atoms with Gasteiger partial charge in [-0.1, -0.05) is 12.1 Å². The summed E-state index contributed by atoms with van der Waals surface area (Å²) in [5, 5.41) is 1.13. The number of nitrogens with zero attached hydrogens (tertiary/aromatic N) is 1. The summed E-state index contributed by atoms with van der Waals surface area (Å²) in [6, 6.07) is 15.6. The Morgan fingerprint density at radius 3 is 2.78 bits per heavy atom. The van der Waals surface area contributed by atoms with E-state index >= 15 is 0 Å². The van der Waals surface area contributed by atoms with Gasteiger partial charge in [-0.15, -0.1) is 0 Å². The van der Waals surface area contributed by atoms with Crippen molar-refractivity contribution in [2.75, 3.05) is 13.7 Å². The highest BCUT2D eigenvalue weighted by Crippen LogP contribution is 2.22. The molecule has 0 N–H and O–H groups in total. The maximum Gasteiger partial charge on any atom is 0.338 e. The first-order valence-electron chi connectivity index (χ1n) is 7.60. The van der Waals surface area contributed by atoms with E-state index in [9.17, 15) is 4.79 Å². The van der Waals surface area contributed by atoms with E-state index in [4.69, 9.17) is 9.47 Å². The SMILES string of the molecule is CCOC(=O)c1cccc(Cn2ccc3cc(OC)ccc32)c1. The second-order valence-corrected chi connectivity index (χ2v) is 5.29. The fourth-order valence-electron chi connectivity index (χ4n) is 2.65. The van der Waals surface area contributed by atoms with E-state index in [1.807, 2.05) is 49.5 Å². The molecule has 0 fully saturated rings. The molecule has 4 nitrogen and oxygen atoms in total. The Balaban J connectivity index is 1.87. The lowest BCUT2D eigenvalue weighted by atomic mass is 10.1. The zero-order valence-electron chi connectivity index (χ0n) is 13.3. The molecule has 0 unspecified atom stereocenters. The monoisotopic (exact) mass is 309 g/mol. The van der Waals surface area contributed by atoms with Gasteiger partial charge in [-0.3, -0.25) is 0 Å². The van der Waals surface area contributed by atoms with Crippen LogP contribution in [0, 0.1) is 0 Å². The van der Waals surface area contributed by atoms with E-state index in [2.05, 4.69) is 10.6 Å². The standard InChI is InChI=1S/C19H19NO3/c1-3-23-19(21)16-6-4-5-14(11-16)13-20-10-9-15-12-17(22-2)7-8-18(15)20/h4-12H,3,13H2,1-2H3. The number of ether oxygens (including phenoxy) is 2. The third-order valence-electron chi connectivity index (χ3n) is 3.77. The summed E-state index contributed by atoms with van der Waals surface area (Å²) in [7, 11) is 1.67. The average Bonchev–Trinajstić information content (AvgIpc) is 2.97. The van der Waals surface area contributed by atoms with E-state index in [1.165, 1.54) is 0 Å². The van der Waals surface area contributed by atoms with Crippen LogP contribution in [0.5, 0.6) is 5.75 Å². The molecule has 0 aliphatic carbocycles. The molecule has 0 aliphatic heterocycles. The van der Waals surface area contributed by atoms with Crippen LogP contribution in [0.25, 0.3) is 10.9 Å². The fourth-order valence-corrected chi connectivity index (χ4v) is 2.65. The van der Waals surface area contributed by atoms with Gasteiger partial charge in [0.05, 0.1) is 19.3 Å². The Hall–Kier alpha value is -2.75. The Bertz CT molecular complexity index is 836. The largest absolute Gasteiger partial charge is 0.497 e. The second kappa shape index (κ2) is 6.57. The third kappa shape index (κ3) is 3.21. The summed E-state index contributed by atoms with van der Waals surface area (Å²) in [6.45, 7) is 2.89. The first-order chi connectivity index (χ1) is 11.2. The molecule has 0 atom stereocenters. The zero-order valence-corrected chi connectivity index (χ0v) is 13.3. The second-order valence-electron chi connectivity index (χ2n) is 5.29. The van der Waals surface area contributed by atoms with Crippen LogP contribution in [-0.2, 0) is 11.3 Å². The highest BCUT2D eigenvalue weighted by atomic mass is 16.5. The van der Waals surface area contributed by atoms with Crippen LogP contribution in [0.1, 0.15) is 22.8 Å². The number of aromatic nitrogens is 1. The minimum absolute atomic E-state index is 0.281. The molecule has 0 radical (unpaired) electrons. The predicted octanol–water partition coefficient (Wildman–Crippen LogP) is 3.87. The average molecular weight is 309 g/mol. The Morgan fingerprint density at radius 1 is 1.13 bits per heavy atom. The van der Waals surface area contributed by atoms with Crippen LogP contribution in [0.3, 0.4) is 0 Å².